The molecule has 6 heteroatoms. The molecule has 0 unspecified atom stereocenters. The van der Waals surface area contributed by atoms with Crippen molar-refractivity contribution < 1.29 is 22.7 Å². The van der Waals surface area contributed by atoms with Crippen molar-refractivity contribution in [3.8, 4) is 5.75 Å². The van der Waals surface area contributed by atoms with E-state index in [4.69, 9.17) is 4.74 Å². The number of nitrogens with zero attached hydrogens (tertiary/aromatic N) is 1. The fraction of sp³-hybridized carbons (Fsp3) is 0.438. The Bertz CT molecular complexity index is 521. The Morgan fingerprint density at radius 2 is 1.86 bits per heavy atom. The van der Waals surface area contributed by atoms with Crippen molar-refractivity contribution in [3.05, 3.63) is 36.4 Å². The van der Waals surface area contributed by atoms with Crippen LogP contribution in [0.3, 0.4) is 0 Å². The third-order valence-corrected chi connectivity index (χ3v) is 2.99. The zero-order valence-corrected chi connectivity index (χ0v) is 12.7. The molecule has 0 spiro atoms. The van der Waals surface area contributed by atoms with Crippen molar-refractivity contribution in [2.45, 2.75) is 32.9 Å². The third kappa shape index (κ3) is 4.51. The van der Waals surface area contributed by atoms with Crippen LogP contribution in [0.2, 0.25) is 0 Å². The summed E-state index contributed by atoms with van der Waals surface area (Å²) in [4.78, 5) is 12.9. The van der Waals surface area contributed by atoms with Crippen molar-refractivity contribution in [1.29, 1.82) is 0 Å². The Kier molecular flexibility index (Phi) is 6.46. The molecule has 0 aliphatic rings. The first-order chi connectivity index (χ1) is 10.3. The minimum atomic E-state index is -4.62. The van der Waals surface area contributed by atoms with Gasteiger partial charge in [-0.05, 0) is 25.0 Å². The number of esters is 1. The molecule has 1 aromatic rings. The van der Waals surface area contributed by atoms with Crippen LogP contribution < -0.4 is 9.64 Å². The summed E-state index contributed by atoms with van der Waals surface area (Å²) in [5, 5.41) is 0. The molecule has 22 heavy (non-hydrogen) atoms. The third-order valence-electron chi connectivity index (χ3n) is 2.99. The molecule has 0 fully saturated rings. The van der Waals surface area contributed by atoms with Crippen molar-refractivity contribution in [2.75, 3.05) is 18.0 Å². The van der Waals surface area contributed by atoms with E-state index in [1.165, 1.54) is 12.1 Å². The van der Waals surface area contributed by atoms with Crippen LogP contribution in [0, 0.1) is 0 Å². The van der Waals surface area contributed by atoms with Crippen LogP contribution >= 0.6 is 0 Å². The van der Waals surface area contributed by atoms with Gasteiger partial charge in [0.2, 0.25) is 0 Å². The van der Waals surface area contributed by atoms with Crippen molar-refractivity contribution in [3.63, 3.8) is 0 Å². The maximum atomic E-state index is 13.5. The van der Waals surface area contributed by atoms with Gasteiger partial charge in [0.25, 0.3) is 0 Å². The summed E-state index contributed by atoms with van der Waals surface area (Å²) in [6.45, 7) is 7.99. The van der Waals surface area contributed by atoms with E-state index in [-0.39, 0.29) is 5.69 Å². The summed E-state index contributed by atoms with van der Waals surface area (Å²) in [5.41, 5.74) is -0.891. The summed E-state index contributed by atoms with van der Waals surface area (Å²) in [6, 6.07) is 4.00. The Hall–Kier alpha value is -1.98. The van der Waals surface area contributed by atoms with Crippen LogP contribution in [0.15, 0.2) is 30.9 Å². The second-order valence-electron chi connectivity index (χ2n) is 4.76. The number of alkyl halides is 3. The molecule has 3 nitrogen and oxygen atoms in total. The Morgan fingerprint density at radius 3 is 2.32 bits per heavy atom. The van der Waals surface area contributed by atoms with Crippen molar-refractivity contribution >= 4 is 11.7 Å². The lowest BCUT2D eigenvalue weighted by Gasteiger charge is -2.28. The van der Waals surface area contributed by atoms with E-state index in [2.05, 4.69) is 6.58 Å². The van der Waals surface area contributed by atoms with Crippen LogP contribution in [0.4, 0.5) is 18.9 Å². The summed E-state index contributed by atoms with van der Waals surface area (Å²) in [7, 11) is 0. The predicted molar refractivity (Wildman–Crippen MR) is 80.1 cm³/mol. The predicted octanol–water partition coefficient (Wildman–Crippen LogP) is 4.42. The minimum absolute atomic E-state index is 0.0329. The number of hydrogen-bond acceptors (Lipinski definition) is 3. The van der Waals surface area contributed by atoms with Gasteiger partial charge >= 0.3 is 12.1 Å². The molecule has 0 atom stereocenters. The Labute approximate surface area is 128 Å². The lowest BCUT2D eigenvalue weighted by Crippen LogP contribution is -2.28. The van der Waals surface area contributed by atoms with E-state index < -0.39 is 23.5 Å². The second-order valence-corrected chi connectivity index (χ2v) is 4.76. The standard InChI is InChI=1S/C16H20F3NO2/c1-4-10-20(11-5-2)12-8-7-9-13(22-14(21)6-3)15(12)16(17,18)19/h6-9H,3-5,10-11H2,1-2H3. The molecule has 1 aromatic carbocycles. The van der Waals surface area contributed by atoms with Gasteiger partial charge in [-0.3, -0.25) is 0 Å². The van der Waals surface area contributed by atoms with E-state index in [1.807, 2.05) is 13.8 Å². The molecular formula is C16H20F3NO2. The van der Waals surface area contributed by atoms with Crippen molar-refractivity contribution in [1.82, 2.24) is 0 Å². The summed E-state index contributed by atoms with van der Waals surface area (Å²) in [6.07, 6.45) is -2.35. The highest BCUT2D eigenvalue weighted by molar-refractivity contribution is 5.84. The zero-order chi connectivity index (χ0) is 16.8. The van der Waals surface area contributed by atoms with Crippen LogP contribution in [0.25, 0.3) is 0 Å². The fourth-order valence-electron chi connectivity index (χ4n) is 2.20. The minimum Gasteiger partial charge on any atom is -0.423 e. The van der Waals surface area contributed by atoms with E-state index >= 15 is 0 Å². The van der Waals surface area contributed by atoms with Gasteiger partial charge in [-0.25, -0.2) is 4.79 Å². The largest absolute Gasteiger partial charge is 0.423 e. The fourth-order valence-corrected chi connectivity index (χ4v) is 2.20. The average Bonchev–Trinajstić information content (AvgIpc) is 2.45. The molecule has 0 aromatic heterocycles. The molecule has 0 aliphatic carbocycles. The first-order valence-corrected chi connectivity index (χ1v) is 7.14. The van der Waals surface area contributed by atoms with E-state index in [1.54, 1.807) is 4.90 Å². The average molecular weight is 315 g/mol. The Balaban J connectivity index is 3.39. The van der Waals surface area contributed by atoms with Crippen LogP contribution in [-0.2, 0) is 11.0 Å². The number of carbonyl (C=O) groups excluding carboxylic acids is 1. The van der Waals surface area contributed by atoms with Gasteiger partial charge in [-0.1, -0.05) is 26.5 Å². The number of halogens is 3. The highest BCUT2D eigenvalue weighted by atomic mass is 19.4. The summed E-state index contributed by atoms with van der Waals surface area (Å²) < 4.78 is 45.1. The van der Waals surface area contributed by atoms with Crippen LogP contribution in [0.1, 0.15) is 32.3 Å². The molecular weight excluding hydrogens is 295 g/mol. The second kappa shape index (κ2) is 7.87. The number of ether oxygens (including phenoxy) is 1. The number of benzene rings is 1. The smallest absolute Gasteiger partial charge is 0.421 e. The normalized spacial score (nSPS) is 11.1. The lowest BCUT2D eigenvalue weighted by molar-refractivity contribution is -0.140. The SMILES string of the molecule is C=CC(=O)Oc1cccc(N(CCC)CCC)c1C(F)(F)F. The van der Waals surface area contributed by atoms with Gasteiger partial charge < -0.3 is 9.64 Å². The number of hydrogen-bond donors (Lipinski definition) is 0. The molecule has 1 rings (SSSR count). The quantitative estimate of drug-likeness (QED) is 0.424. The van der Waals surface area contributed by atoms with Gasteiger partial charge in [0, 0.05) is 19.2 Å². The van der Waals surface area contributed by atoms with Gasteiger partial charge in [0.1, 0.15) is 11.3 Å². The maximum absolute atomic E-state index is 13.5. The molecule has 0 radical (unpaired) electrons. The van der Waals surface area contributed by atoms with Gasteiger partial charge in [-0.15, -0.1) is 0 Å². The van der Waals surface area contributed by atoms with Gasteiger partial charge in [-0.2, -0.15) is 13.2 Å². The topological polar surface area (TPSA) is 29.5 Å². The zero-order valence-electron chi connectivity index (χ0n) is 12.7. The molecule has 0 N–H and O–H groups in total. The van der Waals surface area contributed by atoms with Crippen LogP contribution in [-0.4, -0.2) is 19.1 Å². The highest BCUT2D eigenvalue weighted by Gasteiger charge is 2.39. The van der Waals surface area contributed by atoms with E-state index in [0.29, 0.717) is 25.9 Å². The van der Waals surface area contributed by atoms with Gasteiger partial charge in [0.05, 0.1) is 5.69 Å². The molecule has 0 saturated heterocycles. The van der Waals surface area contributed by atoms with Crippen LogP contribution in [0.5, 0.6) is 5.75 Å². The van der Waals surface area contributed by atoms with Crippen molar-refractivity contribution in [2.24, 2.45) is 0 Å². The molecule has 0 bridgehead atoms. The summed E-state index contributed by atoms with van der Waals surface area (Å²) >= 11 is 0. The first-order valence-electron chi connectivity index (χ1n) is 7.14. The highest BCUT2D eigenvalue weighted by Crippen LogP contribution is 2.43. The molecule has 122 valence electrons. The Morgan fingerprint density at radius 1 is 1.27 bits per heavy atom. The molecule has 0 aliphatic heterocycles. The molecule has 0 amide bonds. The van der Waals surface area contributed by atoms with E-state index in [9.17, 15) is 18.0 Å². The number of carbonyl (C=O) groups is 1. The summed E-state index contributed by atoms with van der Waals surface area (Å²) in [5.74, 6) is -1.41. The lowest BCUT2D eigenvalue weighted by atomic mass is 10.1. The maximum Gasteiger partial charge on any atom is 0.421 e. The first kappa shape index (κ1) is 18.1. The number of rotatable bonds is 7. The molecule has 0 heterocycles. The monoisotopic (exact) mass is 315 g/mol. The van der Waals surface area contributed by atoms with E-state index in [0.717, 1.165) is 12.1 Å². The number of anilines is 1. The van der Waals surface area contributed by atoms with Gasteiger partial charge in [0.15, 0.2) is 0 Å². The molecule has 0 saturated carbocycles.